The van der Waals surface area contributed by atoms with E-state index in [0.717, 1.165) is 20.9 Å². The maximum absolute atomic E-state index is 12.0. The first-order valence-corrected chi connectivity index (χ1v) is 7.15. The van der Waals surface area contributed by atoms with Gasteiger partial charge in [-0.15, -0.1) is 11.3 Å². The second-order valence-corrected chi connectivity index (χ2v) is 5.45. The summed E-state index contributed by atoms with van der Waals surface area (Å²) in [7, 11) is 0. The summed E-state index contributed by atoms with van der Waals surface area (Å²) < 4.78 is 29.5. The molecular weight excluding hydrogens is 294 g/mol. The molecule has 3 rings (SSSR count). The van der Waals surface area contributed by atoms with Gasteiger partial charge >= 0.3 is 6.61 Å². The highest BCUT2D eigenvalue weighted by molar-refractivity contribution is 7.18. The lowest BCUT2D eigenvalue weighted by atomic mass is 10.3. The van der Waals surface area contributed by atoms with Crippen molar-refractivity contribution in [2.75, 3.05) is 5.32 Å². The molecule has 1 aromatic heterocycles. The van der Waals surface area contributed by atoms with Crippen LogP contribution in [0.3, 0.4) is 0 Å². The molecule has 21 heavy (non-hydrogen) atoms. The quantitative estimate of drug-likeness (QED) is 0.753. The zero-order chi connectivity index (χ0) is 14.7. The molecule has 0 bridgehead atoms. The van der Waals surface area contributed by atoms with Gasteiger partial charge in [0.2, 0.25) is 0 Å². The summed E-state index contributed by atoms with van der Waals surface area (Å²) in [5, 5.41) is 4.18. The molecule has 0 saturated heterocycles. The van der Waals surface area contributed by atoms with Crippen molar-refractivity contribution in [3.63, 3.8) is 0 Å². The SMILES string of the molecule is FC(F)Oc1ccc(NCc2nc3ccccc3s2)cc1. The van der Waals surface area contributed by atoms with Crippen LogP contribution in [0.2, 0.25) is 0 Å². The Bertz CT molecular complexity index is 695. The largest absolute Gasteiger partial charge is 0.435 e. The number of fused-ring (bicyclic) bond motifs is 1. The molecule has 6 heteroatoms. The van der Waals surface area contributed by atoms with Crippen molar-refractivity contribution in [1.82, 2.24) is 4.98 Å². The molecule has 1 heterocycles. The Balaban J connectivity index is 1.64. The molecule has 0 saturated carbocycles. The highest BCUT2D eigenvalue weighted by Gasteiger charge is 2.05. The number of hydrogen-bond donors (Lipinski definition) is 1. The third kappa shape index (κ3) is 3.46. The first-order chi connectivity index (χ1) is 10.2. The van der Waals surface area contributed by atoms with Gasteiger partial charge in [0.1, 0.15) is 10.8 Å². The zero-order valence-electron chi connectivity index (χ0n) is 10.9. The summed E-state index contributed by atoms with van der Waals surface area (Å²) in [5.41, 5.74) is 1.82. The van der Waals surface area contributed by atoms with Gasteiger partial charge in [-0.1, -0.05) is 12.1 Å². The molecule has 0 aliphatic rings. The third-order valence-electron chi connectivity index (χ3n) is 2.86. The van der Waals surface area contributed by atoms with Crippen LogP contribution in [0, 0.1) is 0 Å². The van der Waals surface area contributed by atoms with Crippen LogP contribution >= 0.6 is 11.3 Å². The number of hydrogen-bond acceptors (Lipinski definition) is 4. The fourth-order valence-electron chi connectivity index (χ4n) is 1.93. The van der Waals surface area contributed by atoms with Gasteiger partial charge in [0.15, 0.2) is 0 Å². The Kier molecular flexibility index (Phi) is 3.96. The lowest BCUT2D eigenvalue weighted by Gasteiger charge is -2.07. The topological polar surface area (TPSA) is 34.1 Å². The summed E-state index contributed by atoms with van der Waals surface area (Å²) >= 11 is 1.63. The summed E-state index contributed by atoms with van der Waals surface area (Å²) in [5.74, 6) is 0.149. The van der Waals surface area contributed by atoms with Gasteiger partial charge in [-0.25, -0.2) is 4.98 Å². The van der Waals surface area contributed by atoms with E-state index in [0.29, 0.717) is 6.54 Å². The molecule has 0 radical (unpaired) electrons. The second kappa shape index (κ2) is 6.05. The van der Waals surface area contributed by atoms with E-state index in [1.54, 1.807) is 23.5 Å². The number of para-hydroxylation sites is 1. The molecule has 2 aromatic carbocycles. The molecule has 0 fully saturated rings. The third-order valence-corrected chi connectivity index (χ3v) is 3.90. The Hall–Kier alpha value is -2.21. The minimum Gasteiger partial charge on any atom is -0.435 e. The van der Waals surface area contributed by atoms with Gasteiger partial charge in [0, 0.05) is 5.69 Å². The van der Waals surface area contributed by atoms with Crippen molar-refractivity contribution < 1.29 is 13.5 Å². The van der Waals surface area contributed by atoms with Gasteiger partial charge in [-0.05, 0) is 36.4 Å². The zero-order valence-corrected chi connectivity index (χ0v) is 11.7. The average Bonchev–Trinajstić information content (AvgIpc) is 2.89. The number of nitrogens with zero attached hydrogens (tertiary/aromatic N) is 1. The Morgan fingerprint density at radius 2 is 1.86 bits per heavy atom. The highest BCUT2D eigenvalue weighted by atomic mass is 32.1. The van der Waals surface area contributed by atoms with Crippen molar-refractivity contribution in [3.8, 4) is 5.75 Å². The van der Waals surface area contributed by atoms with E-state index < -0.39 is 6.61 Å². The maximum atomic E-state index is 12.0. The van der Waals surface area contributed by atoms with Gasteiger partial charge in [-0.2, -0.15) is 8.78 Å². The van der Waals surface area contributed by atoms with E-state index in [2.05, 4.69) is 15.0 Å². The Morgan fingerprint density at radius 1 is 1.10 bits per heavy atom. The summed E-state index contributed by atoms with van der Waals surface area (Å²) in [6.45, 7) is -2.21. The molecule has 108 valence electrons. The van der Waals surface area contributed by atoms with Crippen LogP contribution in [-0.4, -0.2) is 11.6 Å². The Morgan fingerprint density at radius 3 is 2.57 bits per heavy atom. The van der Waals surface area contributed by atoms with Crippen LogP contribution in [0.5, 0.6) is 5.75 Å². The molecule has 0 atom stereocenters. The molecule has 0 amide bonds. The number of thiazole rings is 1. The molecule has 0 unspecified atom stereocenters. The monoisotopic (exact) mass is 306 g/mol. The van der Waals surface area contributed by atoms with E-state index >= 15 is 0 Å². The van der Waals surface area contributed by atoms with Gasteiger partial charge in [0.25, 0.3) is 0 Å². The predicted molar refractivity (Wildman–Crippen MR) is 80.0 cm³/mol. The van der Waals surface area contributed by atoms with Crippen LogP contribution in [0.25, 0.3) is 10.2 Å². The summed E-state index contributed by atoms with van der Waals surface area (Å²) in [4.78, 5) is 4.52. The normalized spacial score (nSPS) is 11.0. The summed E-state index contributed by atoms with van der Waals surface area (Å²) in [6.07, 6.45) is 0. The van der Waals surface area contributed by atoms with Crippen molar-refractivity contribution >= 4 is 27.2 Å². The standard InChI is InChI=1S/C15H12F2N2OS/c16-15(17)20-11-7-5-10(6-8-11)18-9-14-19-12-3-1-2-4-13(12)21-14/h1-8,15,18H,9H2. The maximum Gasteiger partial charge on any atom is 0.387 e. The number of alkyl halides is 2. The molecule has 3 nitrogen and oxygen atoms in total. The molecule has 0 aliphatic heterocycles. The minimum atomic E-state index is -2.80. The molecule has 0 aliphatic carbocycles. The van der Waals surface area contributed by atoms with Crippen LogP contribution in [-0.2, 0) is 6.54 Å². The van der Waals surface area contributed by atoms with E-state index in [-0.39, 0.29) is 5.75 Å². The number of benzene rings is 2. The van der Waals surface area contributed by atoms with Crippen molar-refractivity contribution in [1.29, 1.82) is 0 Å². The number of ether oxygens (including phenoxy) is 1. The Labute approximate surface area is 124 Å². The van der Waals surface area contributed by atoms with Gasteiger partial charge < -0.3 is 10.1 Å². The number of aromatic nitrogens is 1. The number of rotatable bonds is 5. The molecule has 1 N–H and O–H groups in total. The minimum absolute atomic E-state index is 0.149. The van der Waals surface area contributed by atoms with Crippen LogP contribution in [0.4, 0.5) is 14.5 Å². The first kappa shape index (κ1) is 13.8. The van der Waals surface area contributed by atoms with Crippen molar-refractivity contribution in [2.45, 2.75) is 13.2 Å². The second-order valence-electron chi connectivity index (χ2n) is 4.33. The smallest absolute Gasteiger partial charge is 0.387 e. The van der Waals surface area contributed by atoms with Crippen molar-refractivity contribution in [3.05, 3.63) is 53.5 Å². The fraction of sp³-hybridized carbons (Fsp3) is 0.133. The first-order valence-electron chi connectivity index (χ1n) is 6.34. The van der Waals surface area contributed by atoms with Crippen LogP contribution in [0.15, 0.2) is 48.5 Å². The molecule has 0 spiro atoms. The van der Waals surface area contributed by atoms with E-state index in [1.165, 1.54) is 12.1 Å². The lowest BCUT2D eigenvalue weighted by Crippen LogP contribution is -2.02. The predicted octanol–water partition coefficient (Wildman–Crippen LogP) is 4.51. The number of halogens is 2. The number of nitrogens with one attached hydrogen (secondary N) is 1. The van der Waals surface area contributed by atoms with Gasteiger partial charge in [0.05, 0.1) is 16.8 Å². The highest BCUT2D eigenvalue weighted by Crippen LogP contribution is 2.23. The molecular formula is C15H12F2N2OS. The average molecular weight is 306 g/mol. The van der Waals surface area contributed by atoms with Crippen molar-refractivity contribution in [2.24, 2.45) is 0 Å². The fourth-order valence-corrected chi connectivity index (χ4v) is 2.83. The van der Waals surface area contributed by atoms with Gasteiger partial charge in [-0.3, -0.25) is 0 Å². The van der Waals surface area contributed by atoms with Crippen LogP contribution < -0.4 is 10.1 Å². The lowest BCUT2D eigenvalue weighted by molar-refractivity contribution is -0.0498. The van der Waals surface area contributed by atoms with Crippen LogP contribution in [0.1, 0.15) is 5.01 Å². The molecule has 3 aromatic rings. The number of anilines is 1. The summed E-state index contributed by atoms with van der Waals surface area (Å²) in [6, 6.07) is 14.4. The van der Waals surface area contributed by atoms with E-state index in [9.17, 15) is 8.78 Å². The van der Waals surface area contributed by atoms with E-state index in [4.69, 9.17) is 0 Å². The van der Waals surface area contributed by atoms with E-state index in [1.807, 2.05) is 24.3 Å².